The lowest BCUT2D eigenvalue weighted by Crippen LogP contribution is -2.59. The summed E-state index contributed by atoms with van der Waals surface area (Å²) < 4.78 is 29.4. The summed E-state index contributed by atoms with van der Waals surface area (Å²) in [5.74, 6) is 2.47. The quantitative estimate of drug-likeness (QED) is 0.739. The van der Waals surface area contributed by atoms with Crippen LogP contribution >= 0.6 is 15.9 Å². The van der Waals surface area contributed by atoms with Gasteiger partial charge in [-0.3, -0.25) is 0 Å². The average Bonchev–Trinajstić information content (AvgIpc) is 3.17. The highest BCUT2D eigenvalue weighted by atomic mass is 79.9. The van der Waals surface area contributed by atoms with Crippen LogP contribution in [0.5, 0.6) is 0 Å². The molecule has 0 aromatic heterocycles. The molecule has 1 atom stereocenters. The molecule has 1 saturated carbocycles. The first-order chi connectivity index (χ1) is 9.82. The van der Waals surface area contributed by atoms with Crippen molar-refractivity contribution >= 4 is 27.6 Å². The lowest BCUT2D eigenvalue weighted by Gasteiger charge is -2.39. The van der Waals surface area contributed by atoms with Gasteiger partial charge in [-0.2, -0.15) is 0 Å². The molecule has 3 nitrogen and oxygen atoms in total. The van der Waals surface area contributed by atoms with Gasteiger partial charge in [0.25, 0.3) is 5.92 Å². The number of nitrogens with one attached hydrogen (secondary N) is 2. The maximum Gasteiger partial charge on any atom is 0.320 e. The summed E-state index contributed by atoms with van der Waals surface area (Å²) in [6.45, 7) is 0.784. The SMILES string of the molecule is CC(F)(F)[C@@]1(C#CC2CC2)NC(=O)Nc2cc(Br)ccc21. The molecule has 0 radical (unpaired) electrons. The fourth-order valence-corrected chi connectivity index (χ4v) is 2.69. The summed E-state index contributed by atoms with van der Waals surface area (Å²) in [7, 11) is 0. The van der Waals surface area contributed by atoms with E-state index in [-0.39, 0.29) is 11.5 Å². The van der Waals surface area contributed by atoms with E-state index in [1.54, 1.807) is 18.2 Å². The standard InChI is InChI=1S/C15H13BrF2N2O/c1-14(17,18)15(7-6-9-2-3-9)11-5-4-10(16)8-12(11)19-13(21)20-15/h4-5,8-9H,2-3H2,1H3,(H2,19,20,21)/t15-/m0/s1. The van der Waals surface area contributed by atoms with Crippen LogP contribution in [0.25, 0.3) is 0 Å². The van der Waals surface area contributed by atoms with Gasteiger partial charge >= 0.3 is 6.03 Å². The summed E-state index contributed by atoms with van der Waals surface area (Å²) in [6, 6.07) is 4.15. The molecule has 0 unspecified atom stereocenters. The van der Waals surface area contributed by atoms with E-state index >= 15 is 0 Å². The zero-order chi connectivity index (χ0) is 15.3. The average molecular weight is 355 g/mol. The van der Waals surface area contributed by atoms with E-state index in [1.807, 2.05) is 0 Å². The van der Waals surface area contributed by atoms with E-state index in [2.05, 4.69) is 38.4 Å². The second-order valence-corrected chi connectivity index (χ2v) is 6.37. The number of fused-ring (bicyclic) bond motifs is 1. The van der Waals surface area contributed by atoms with E-state index in [1.165, 1.54) is 0 Å². The lowest BCUT2D eigenvalue weighted by molar-refractivity contribution is -0.0464. The van der Waals surface area contributed by atoms with Crippen molar-refractivity contribution in [3.8, 4) is 11.8 Å². The van der Waals surface area contributed by atoms with Crippen LogP contribution in [0.2, 0.25) is 0 Å². The normalized spacial score (nSPS) is 24.3. The van der Waals surface area contributed by atoms with Crippen LogP contribution in [0.3, 0.4) is 0 Å². The van der Waals surface area contributed by atoms with Crippen molar-refractivity contribution in [1.29, 1.82) is 0 Å². The molecule has 21 heavy (non-hydrogen) atoms. The van der Waals surface area contributed by atoms with Crippen LogP contribution < -0.4 is 10.6 Å². The molecule has 2 N–H and O–H groups in total. The Hall–Kier alpha value is -1.61. The molecule has 110 valence electrons. The van der Waals surface area contributed by atoms with Crippen molar-refractivity contribution in [3.63, 3.8) is 0 Å². The van der Waals surface area contributed by atoms with Crippen molar-refractivity contribution in [3.05, 3.63) is 28.2 Å². The van der Waals surface area contributed by atoms with Gasteiger partial charge in [0, 0.05) is 22.9 Å². The third kappa shape index (κ3) is 2.51. The number of amides is 2. The maximum atomic E-state index is 14.3. The Morgan fingerprint density at radius 1 is 1.43 bits per heavy atom. The minimum atomic E-state index is -3.21. The highest BCUT2D eigenvalue weighted by Gasteiger charge is 2.55. The molecule has 1 fully saturated rings. The van der Waals surface area contributed by atoms with Crippen molar-refractivity contribution in [1.82, 2.24) is 5.32 Å². The van der Waals surface area contributed by atoms with Crippen LogP contribution in [-0.4, -0.2) is 12.0 Å². The Morgan fingerprint density at radius 2 is 2.14 bits per heavy atom. The Labute approximate surface area is 129 Å². The van der Waals surface area contributed by atoms with E-state index < -0.39 is 17.5 Å². The molecule has 6 heteroatoms. The van der Waals surface area contributed by atoms with Crippen molar-refractivity contribution < 1.29 is 13.6 Å². The Bertz CT molecular complexity index is 670. The first-order valence-corrected chi connectivity index (χ1v) is 7.41. The molecule has 1 aromatic carbocycles. The molecule has 1 aromatic rings. The largest absolute Gasteiger partial charge is 0.320 e. The van der Waals surface area contributed by atoms with Gasteiger partial charge in [0.05, 0.1) is 5.69 Å². The van der Waals surface area contributed by atoms with Gasteiger partial charge in [0.15, 0.2) is 5.54 Å². The topological polar surface area (TPSA) is 41.1 Å². The number of anilines is 1. The van der Waals surface area contributed by atoms with Crippen LogP contribution in [-0.2, 0) is 5.54 Å². The number of carbonyl (C=O) groups is 1. The number of hydrogen-bond donors (Lipinski definition) is 2. The third-order valence-electron chi connectivity index (χ3n) is 3.63. The minimum absolute atomic E-state index is 0.162. The van der Waals surface area contributed by atoms with E-state index in [0.717, 1.165) is 19.8 Å². The van der Waals surface area contributed by atoms with Crippen LogP contribution in [0.1, 0.15) is 25.3 Å². The number of benzene rings is 1. The van der Waals surface area contributed by atoms with E-state index in [4.69, 9.17) is 0 Å². The molecule has 1 aliphatic heterocycles. The fourth-order valence-electron chi connectivity index (χ4n) is 2.33. The van der Waals surface area contributed by atoms with Crippen molar-refractivity contribution in [2.24, 2.45) is 5.92 Å². The Kier molecular flexibility index (Phi) is 3.21. The van der Waals surface area contributed by atoms with E-state index in [0.29, 0.717) is 10.2 Å². The van der Waals surface area contributed by atoms with Gasteiger partial charge in [0.1, 0.15) is 0 Å². The fraction of sp³-hybridized carbons (Fsp3) is 0.400. The summed E-state index contributed by atoms with van der Waals surface area (Å²) in [4.78, 5) is 11.8. The second kappa shape index (κ2) is 4.70. The van der Waals surface area contributed by atoms with Crippen LogP contribution in [0, 0.1) is 17.8 Å². The monoisotopic (exact) mass is 354 g/mol. The Morgan fingerprint density at radius 3 is 2.76 bits per heavy atom. The van der Waals surface area contributed by atoms with Gasteiger partial charge < -0.3 is 10.6 Å². The highest BCUT2D eigenvalue weighted by Crippen LogP contribution is 2.43. The summed E-state index contributed by atoms with van der Waals surface area (Å²) >= 11 is 3.28. The molecule has 0 bridgehead atoms. The van der Waals surface area contributed by atoms with Gasteiger partial charge in [0.2, 0.25) is 0 Å². The molecular weight excluding hydrogens is 342 g/mol. The molecule has 0 saturated heterocycles. The first-order valence-electron chi connectivity index (χ1n) is 6.61. The zero-order valence-corrected chi connectivity index (χ0v) is 12.9. The summed E-state index contributed by atoms with van der Waals surface area (Å²) in [6.07, 6.45) is 1.86. The van der Waals surface area contributed by atoms with Crippen LogP contribution in [0.15, 0.2) is 22.7 Å². The zero-order valence-electron chi connectivity index (χ0n) is 11.3. The number of urea groups is 1. The molecule has 2 amide bonds. The molecule has 3 rings (SSSR count). The molecule has 2 aliphatic rings. The number of halogens is 3. The van der Waals surface area contributed by atoms with Gasteiger partial charge in [-0.25, -0.2) is 13.6 Å². The number of rotatable bonds is 1. The second-order valence-electron chi connectivity index (χ2n) is 5.45. The lowest BCUT2D eigenvalue weighted by atomic mass is 9.82. The number of alkyl halides is 2. The molecule has 1 aliphatic carbocycles. The number of hydrogen-bond acceptors (Lipinski definition) is 1. The van der Waals surface area contributed by atoms with Gasteiger partial charge in [-0.1, -0.05) is 33.8 Å². The maximum absolute atomic E-state index is 14.3. The molecular formula is C15H13BrF2N2O. The molecule has 0 spiro atoms. The van der Waals surface area contributed by atoms with E-state index in [9.17, 15) is 13.6 Å². The minimum Gasteiger partial charge on any atom is -0.312 e. The third-order valence-corrected chi connectivity index (χ3v) is 4.13. The highest BCUT2D eigenvalue weighted by molar-refractivity contribution is 9.10. The van der Waals surface area contributed by atoms with Gasteiger partial charge in [-0.05, 0) is 25.0 Å². The Balaban J connectivity index is 2.20. The van der Waals surface area contributed by atoms with Crippen molar-refractivity contribution in [2.45, 2.75) is 31.2 Å². The van der Waals surface area contributed by atoms with Crippen molar-refractivity contribution in [2.75, 3.05) is 5.32 Å². The molecule has 1 heterocycles. The summed E-state index contributed by atoms with van der Waals surface area (Å²) in [5, 5.41) is 4.89. The number of carbonyl (C=O) groups excluding carboxylic acids is 1. The summed E-state index contributed by atoms with van der Waals surface area (Å²) in [5.41, 5.74) is -1.36. The predicted octanol–water partition coefficient (Wildman–Crippen LogP) is 3.85. The first kappa shape index (κ1) is 14.3. The van der Waals surface area contributed by atoms with Crippen LogP contribution in [0.4, 0.5) is 19.3 Å². The predicted molar refractivity (Wildman–Crippen MR) is 79.1 cm³/mol. The van der Waals surface area contributed by atoms with Gasteiger partial charge in [-0.15, -0.1) is 0 Å². The smallest absolute Gasteiger partial charge is 0.312 e.